The van der Waals surface area contributed by atoms with Crippen molar-refractivity contribution in [2.75, 3.05) is 45.8 Å². The minimum absolute atomic E-state index is 0.0353. The number of piperazine rings is 1. The zero-order chi connectivity index (χ0) is 76.7. The fraction of sp³-hybridized carbons (Fsp3) is 0.446. The molecule has 19 heteroatoms. The molecule has 0 N–H and O–H groups in total. The molecule has 7 aromatic rings. The first-order valence-electron chi connectivity index (χ1n) is 40.5. The minimum atomic E-state index is -0.521. The van der Waals surface area contributed by atoms with E-state index in [0.29, 0.717) is 130 Å². The molecular weight excluding hydrogens is 1400 g/mol. The molecular formula is C92H103N7O12. The Kier molecular flexibility index (Phi) is 24.0. The second-order valence-electron chi connectivity index (χ2n) is 32.5. The molecule has 0 radical (unpaired) electrons. The largest absolute Gasteiger partial charge is 0.489 e. The van der Waals surface area contributed by atoms with Gasteiger partial charge in [-0.2, -0.15) is 0 Å². The van der Waals surface area contributed by atoms with Gasteiger partial charge in [0.05, 0.1) is 57.0 Å². The van der Waals surface area contributed by atoms with Crippen molar-refractivity contribution < 1.29 is 57.4 Å². The Bertz CT molecular complexity index is 4570. The van der Waals surface area contributed by atoms with Crippen molar-refractivity contribution in [3.8, 4) is 17.2 Å². The third-order valence-corrected chi connectivity index (χ3v) is 24.6. The number of carbonyl (C=O) groups excluding carboxylic acids is 9. The molecule has 7 aromatic carbocycles. The van der Waals surface area contributed by atoms with Gasteiger partial charge in [0, 0.05) is 117 Å². The maximum absolute atomic E-state index is 13.1. The summed E-state index contributed by atoms with van der Waals surface area (Å²) in [4.78, 5) is 126. The van der Waals surface area contributed by atoms with Crippen LogP contribution in [0.2, 0.25) is 0 Å². The predicted octanol–water partition coefficient (Wildman–Crippen LogP) is 13.4. The molecule has 3 saturated heterocycles. The molecule has 19 nitrogen and oxygen atoms in total. The molecule has 0 spiro atoms. The number of benzene rings is 7. The first-order valence-corrected chi connectivity index (χ1v) is 40.5. The summed E-state index contributed by atoms with van der Waals surface area (Å²) in [6.07, 6.45) is 11.2. The lowest BCUT2D eigenvalue weighted by Crippen LogP contribution is -2.46. The number of carbonyl (C=O) groups is 9. The van der Waals surface area contributed by atoms with E-state index < -0.39 is 18.1 Å². The lowest BCUT2D eigenvalue weighted by molar-refractivity contribution is -0.134. The number of ketones is 6. The highest BCUT2D eigenvalue weighted by Gasteiger charge is 2.44. The second-order valence-corrected chi connectivity index (χ2v) is 32.5. The quantitative estimate of drug-likeness (QED) is 0.0614. The number of piperidine rings is 2. The van der Waals surface area contributed by atoms with E-state index in [0.717, 1.165) is 85.1 Å². The van der Waals surface area contributed by atoms with Gasteiger partial charge in [-0.15, -0.1) is 0 Å². The Morgan fingerprint density at radius 2 is 0.694 bits per heavy atom. The zero-order valence-corrected chi connectivity index (χ0v) is 64.2. The van der Waals surface area contributed by atoms with Gasteiger partial charge < -0.3 is 33.8 Å². The van der Waals surface area contributed by atoms with Crippen molar-refractivity contribution in [1.82, 2.24) is 34.3 Å². The molecule has 6 heterocycles. The maximum Gasteiger partial charge on any atom is 0.255 e. The molecule has 4 saturated carbocycles. The Morgan fingerprint density at radius 1 is 0.342 bits per heavy atom. The Labute approximate surface area is 651 Å². The molecule has 3 amide bonds. The monoisotopic (exact) mass is 1500 g/mol. The number of likely N-dealkylation sites (tertiary alicyclic amines) is 2. The van der Waals surface area contributed by atoms with Crippen LogP contribution in [0.1, 0.15) is 209 Å². The first-order chi connectivity index (χ1) is 54.0. The summed E-state index contributed by atoms with van der Waals surface area (Å²) >= 11 is 0. The normalized spacial score (nSPS) is 22.7. The second kappa shape index (κ2) is 34.9. The van der Waals surface area contributed by atoms with Crippen molar-refractivity contribution in [3.05, 3.63) is 230 Å². The predicted molar refractivity (Wildman–Crippen MR) is 421 cm³/mol. The minimum Gasteiger partial charge on any atom is -0.489 e. The molecule has 0 bridgehead atoms. The van der Waals surface area contributed by atoms with Gasteiger partial charge in [0.15, 0.2) is 17.3 Å². The number of fused-ring (bicyclic) bond motifs is 3. The fourth-order valence-corrected chi connectivity index (χ4v) is 17.9. The number of rotatable bonds is 21. The van der Waals surface area contributed by atoms with Gasteiger partial charge >= 0.3 is 0 Å². The van der Waals surface area contributed by atoms with Gasteiger partial charge in [-0.1, -0.05) is 128 Å². The van der Waals surface area contributed by atoms with Crippen LogP contribution in [-0.4, -0.2) is 163 Å². The molecule has 4 aliphatic carbocycles. The van der Waals surface area contributed by atoms with Gasteiger partial charge in [0.25, 0.3) is 17.7 Å². The highest BCUT2D eigenvalue weighted by Crippen LogP contribution is 2.40. The average molecular weight is 1500 g/mol. The highest BCUT2D eigenvalue weighted by molar-refractivity contribution is 6.10. The van der Waals surface area contributed by atoms with E-state index in [1.165, 1.54) is 86.8 Å². The van der Waals surface area contributed by atoms with Crippen LogP contribution in [0.4, 0.5) is 0 Å². The number of Topliss-reactive ketones (excluding diaryl/α,β-unsaturated/α-hetero) is 6. The summed E-state index contributed by atoms with van der Waals surface area (Å²) in [5, 5.41) is 0. The van der Waals surface area contributed by atoms with Gasteiger partial charge in [0.1, 0.15) is 54.4 Å². The van der Waals surface area contributed by atoms with Gasteiger partial charge in [-0.3, -0.25) is 57.9 Å². The zero-order valence-electron chi connectivity index (χ0n) is 64.2. The number of amides is 3. The third kappa shape index (κ3) is 18.4. The first kappa shape index (κ1) is 76.6. The van der Waals surface area contributed by atoms with E-state index in [-0.39, 0.29) is 71.7 Å². The van der Waals surface area contributed by atoms with Crippen molar-refractivity contribution in [1.29, 1.82) is 0 Å². The summed E-state index contributed by atoms with van der Waals surface area (Å²) in [6, 6.07) is 52.9. The molecule has 3 unspecified atom stereocenters. The van der Waals surface area contributed by atoms with Crippen LogP contribution in [0.3, 0.4) is 0 Å². The van der Waals surface area contributed by atoms with E-state index in [4.69, 9.17) is 14.2 Å². The summed E-state index contributed by atoms with van der Waals surface area (Å²) in [5.74, 6) is 2.64. The lowest BCUT2D eigenvalue weighted by atomic mass is 9.89. The van der Waals surface area contributed by atoms with Gasteiger partial charge in [-0.25, -0.2) is 0 Å². The van der Waals surface area contributed by atoms with E-state index in [1.807, 2.05) is 36.4 Å². The van der Waals surface area contributed by atoms with Crippen molar-refractivity contribution in [2.45, 2.75) is 212 Å². The topological polar surface area (TPSA) is 204 Å². The number of hydrogen-bond acceptors (Lipinski definition) is 16. The number of hydrogen-bond donors (Lipinski definition) is 0. The van der Waals surface area contributed by atoms with Gasteiger partial charge in [0.2, 0.25) is 0 Å². The van der Waals surface area contributed by atoms with Crippen molar-refractivity contribution >= 4 is 52.4 Å². The molecule has 578 valence electrons. The summed E-state index contributed by atoms with van der Waals surface area (Å²) in [5.41, 5.74) is 12.9. The van der Waals surface area contributed by atoms with Crippen LogP contribution in [-0.2, 0) is 87.9 Å². The smallest absolute Gasteiger partial charge is 0.255 e. The molecule has 0 aromatic heterocycles. The SMILES string of the molecule is C[C@@H]1CCC[C@H](C)N1Cc1ccc(COc2cccc3c2CN(C2CCC(=O)CC2=O)C3=O)cc1.O=C1CCC(N2Cc3c(OCc4ccc(CN5CCC(c6ccccc6)CC5)cc4)cccc3C2=O)C(=O)C1.O=C1CCC(N2Cc3c(OCc4ccc(CN5CCN(CC6CC6)CC5)cc4)cccc3C2=O)C(=O)C1. The number of nitrogens with zero attached hydrogens (tertiary/aromatic N) is 7. The molecule has 7 fully saturated rings. The van der Waals surface area contributed by atoms with Gasteiger partial charge in [-0.05, 0) is 172 Å². The maximum atomic E-state index is 13.1. The van der Waals surface area contributed by atoms with Crippen LogP contribution >= 0.6 is 0 Å². The lowest BCUT2D eigenvalue weighted by Gasteiger charge is -2.39. The Balaban J connectivity index is 0.000000132. The van der Waals surface area contributed by atoms with E-state index in [2.05, 4.69) is 137 Å². The van der Waals surface area contributed by atoms with Crippen LogP contribution in [0.25, 0.3) is 0 Å². The van der Waals surface area contributed by atoms with E-state index in [9.17, 15) is 43.2 Å². The molecule has 111 heavy (non-hydrogen) atoms. The van der Waals surface area contributed by atoms with Crippen LogP contribution in [0.15, 0.2) is 158 Å². The van der Waals surface area contributed by atoms with Crippen LogP contribution in [0, 0.1) is 5.92 Å². The van der Waals surface area contributed by atoms with E-state index >= 15 is 0 Å². The van der Waals surface area contributed by atoms with E-state index in [1.54, 1.807) is 32.9 Å². The fourth-order valence-electron chi connectivity index (χ4n) is 17.9. The summed E-state index contributed by atoms with van der Waals surface area (Å²) < 4.78 is 18.5. The summed E-state index contributed by atoms with van der Waals surface area (Å²) in [7, 11) is 0. The standard InChI is InChI=1S/C33H34N2O4.C30H35N3O4.C29H34N2O4/c36-27-13-14-30(31(37)19-27)35-21-29-28(33(35)38)7-4-8-32(29)39-22-24-11-9-23(10-12-24)20-34-17-15-26(16-18-34)25-5-2-1-3-6-25;34-24-10-11-27(28(35)16-24)33-19-26-25(30(33)36)2-1-3-29(26)37-20-23-8-6-22(7-9-23)18-32-14-12-31(13-15-32)17-21-4-5-21;1-19-5-3-6-20(2)30(19)16-21-9-11-22(12-10-21)18-35-28-8-4-7-24-25(28)17-31(29(24)34)26-14-13-23(32)15-27(26)33/h1-12,26,30H,13-22H2;1-3,6-9,21,27H,4-5,10-20H2;4,7-12,19-20,26H,3,5-6,13-18H2,1-2H3/t;;19-,20+,26?. The molecule has 5 atom stereocenters. The number of ether oxygens (including phenoxy) is 3. The highest BCUT2D eigenvalue weighted by atomic mass is 16.5. The molecule has 10 aliphatic rings. The molecule has 6 aliphatic heterocycles. The van der Waals surface area contributed by atoms with Crippen molar-refractivity contribution in [3.63, 3.8) is 0 Å². The summed E-state index contributed by atoms with van der Waals surface area (Å²) in [6.45, 7) is 18.0. The van der Waals surface area contributed by atoms with Crippen LogP contribution in [0.5, 0.6) is 17.2 Å². The third-order valence-electron chi connectivity index (χ3n) is 24.6. The van der Waals surface area contributed by atoms with Crippen LogP contribution < -0.4 is 14.2 Å². The molecule has 17 rings (SSSR count). The Hall–Kier alpha value is -9.79. The average Bonchev–Trinajstić information content (AvgIpc) is 1.64. The Morgan fingerprint density at radius 3 is 1.06 bits per heavy atom. The van der Waals surface area contributed by atoms with Crippen molar-refractivity contribution in [2.24, 2.45) is 5.92 Å².